The van der Waals surface area contributed by atoms with E-state index in [1.54, 1.807) is 57.6 Å². The number of nitrogens with zero attached hydrogens (tertiary/aromatic N) is 1. The van der Waals surface area contributed by atoms with Crippen LogP contribution in [0.3, 0.4) is 0 Å². The number of rotatable bonds is 7. The number of carbonyl (C=O) groups excluding carboxylic acids is 2. The summed E-state index contributed by atoms with van der Waals surface area (Å²) >= 11 is 6.08. The second-order valence-corrected chi connectivity index (χ2v) is 6.47. The highest BCUT2D eigenvalue weighted by Crippen LogP contribution is 2.28. The minimum absolute atomic E-state index is 0.238. The third-order valence-electron chi connectivity index (χ3n) is 3.79. The van der Waals surface area contributed by atoms with Crippen molar-refractivity contribution in [1.29, 1.82) is 0 Å². The monoisotopic (exact) mass is 402 g/mol. The molecule has 2 rings (SSSR count). The summed E-state index contributed by atoms with van der Waals surface area (Å²) in [5, 5.41) is 3.05. The largest absolute Gasteiger partial charge is 0.493 e. The van der Waals surface area contributed by atoms with Crippen LogP contribution < -0.4 is 14.8 Å². The predicted octanol–water partition coefficient (Wildman–Crippen LogP) is 4.10. The molecule has 0 aliphatic heterocycles. The first kappa shape index (κ1) is 21.3. The lowest BCUT2D eigenvalue weighted by Gasteiger charge is -2.13. The Morgan fingerprint density at radius 2 is 1.89 bits per heavy atom. The van der Waals surface area contributed by atoms with Crippen LogP contribution in [-0.4, -0.2) is 44.5 Å². The van der Waals surface area contributed by atoms with Gasteiger partial charge in [0.05, 0.1) is 24.3 Å². The van der Waals surface area contributed by atoms with Gasteiger partial charge in [-0.15, -0.1) is 0 Å². The number of carbonyl (C=O) groups is 2. The average molecular weight is 403 g/mol. The zero-order valence-corrected chi connectivity index (χ0v) is 17.0. The van der Waals surface area contributed by atoms with E-state index >= 15 is 0 Å². The maximum Gasteiger partial charge on any atom is 0.254 e. The molecule has 0 saturated carbocycles. The fraction of sp³-hybridized carbons (Fsp3) is 0.238. The number of hydrogen-bond acceptors (Lipinski definition) is 4. The molecule has 1 N–H and O–H groups in total. The molecule has 6 nitrogen and oxygen atoms in total. The molecule has 0 bridgehead atoms. The van der Waals surface area contributed by atoms with Gasteiger partial charge in [0.2, 0.25) is 5.91 Å². The van der Waals surface area contributed by atoms with Gasteiger partial charge in [0.25, 0.3) is 5.91 Å². The van der Waals surface area contributed by atoms with E-state index in [1.807, 2.05) is 13.0 Å². The highest BCUT2D eigenvalue weighted by Gasteiger charge is 2.13. The lowest BCUT2D eigenvalue weighted by Crippen LogP contribution is -2.22. The molecule has 0 saturated heterocycles. The van der Waals surface area contributed by atoms with Crippen molar-refractivity contribution in [2.45, 2.75) is 6.92 Å². The molecule has 148 valence electrons. The minimum Gasteiger partial charge on any atom is -0.493 e. The summed E-state index contributed by atoms with van der Waals surface area (Å²) in [5.74, 6) is 0.663. The van der Waals surface area contributed by atoms with Crippen molar-refractivity contribution < 1.29 is 19.1 Å². The smallest absolute Gasteiger partial charge is 0.254 e. The summed E-state index contributed by atoms with van der Waals surface area (Å²) < 4.78 is 10.8. The van der Waals surface area contributed by atoms with Gasteiger partial charge in [-0.2, -0.15) is 0 Å². The second-order valence-electron chi connectivity index (χ2n) is 6.06. The van der Waals surface area contributed by atoms with E-state index in [0.29, 0.717) is 34.4 Å². The molecule has 28 heavy (non-hydrogen) atoms. The summed E-state index contributed by atoms with van der Waals surface area (Å²) in [4.78, 5) is 25.8. The molecule has 0 aliphatic carbocycles. The van der Waals surface area contributed by atoms with Crippen LogP contribution >= 0.6 is 11.6 Å². The van der Waals surface area contributed by atoms with Crippen LogP contribution in [0, 0.1) is 0 Å². The highest BCUT2D eigenvalue weighted by atomic mass is 35.5. The molecule has 0 heterocycles. The number of halogens is 1. The molecule has 0 radical (unpaired) electrons. The zero-order valence-electron chi connectivity index (χ0n) is 16.3. The van der Waals surface area contributed by atoms with Gasteiger partial charge in [-0.3, -0.25) is 9.59 Å². The number of methoxy groups -OCH3 is 1. The number of nitrogens with one attached hydrogen (secondary N) is 1. The normalized spacial score (nSPS) is 10.6. The Labute approximate surface area is 169 Å². The van der Waals surface area contributed by atoms with Crippen molar-refractivity contribution in [2.24, 2.45) is 0 Å². The summed E-state index contributed by atoms with van der Waals surface area (Å²) in [6.45, 7) is 2.43. The van der Waals surface area contributed by atoms with Crippen molar-refractivity contribution in [3.63, 3.8) is 0 Å². The quantitative estimate of drug-likeness (QED) is 0.708. The third-order valence-corrected chi connectivity index (χ3v) is 4.11. The van der Waals surface area contributed by atoms with Crippen molar-refractivity contribution in [2.75, 3.05) is 33.1 Å². The standard InChI is InChI=1S/C21H23ClN2O4/c1-5-28-18-10-6-14(12-19(18)27-4)7-11-20(25)23-15-8-9-17(22)16(13-15)21(26)24(2)3/h6-13H,5H2,1-4H3,(H,23,25). The van der Waals surface area contributed by atoms with Crippen molar-refractivity contribution in [1.82, 2.24) is 4.90 Å². The van der Waals surface area contributed by atoms with Crippen LogP contribution in [0.25, 0.3) is 6.08 Å². The van der Waals surface area contributed by atoms with Crippen LogP contribution in [0.2, 0.25) is 5.02 Å². The third kappa shape index (κ3) is 5.50. The minimum atomic E-state index is -0.335. The van der Waals surface area contributed by atoms with E-state index in [2.05, 4.69) is 5.32 Å². The Bertz CT molecular complexity index is 894. The molecule has 0 unspecified atom stereocenters. The molecule has 0 aromatic heterocycles. The molecular weight excluding hydrogens is 380 g/mol. The molecule has 0 spiro atoms. The highest BCUT2D eigenvalue weighted by molar-refractivity contribution is 6.34. The first-order chi connectivity index (χ1) is 13.3. The van der Waals surface area contributed by atoms with Crippen molar-refractivity contribution in [3.8, 4) is 11.5 Å². The molecular formula is C21H23ClN2O4. The van der Waals surface area contributed by atoms with Gasteiger partial charge in [0, 0.05) is 25.9 Å². The van der Waals surface area contributed by atoms with Gasteiger partial charge < -0.3 is 19.7 Å². The number of hydrogen-bond donors (Lipinski definition) is 1. The van der Waals surface area contributed by atoms with Crippen LogP contribution in [0.5, 0.6) is 11.5 Å². The van der Waals surface area contributed by atoms with E-state index in [1.165, 1.54) is 11.0 Å². The van der Waals surface area contributed by atoms with Crippen LogP contribution in [0.15, 0.2) is 42.5 Å². The number of ether oxygens (including phenoxy) is 2. The van der Waals surface area contributed by atoms with Gasteiger partial charge in [-0.1, -0.05) is 17.7 Å². The van der Waals surface area contributed by atoms with Crippen LogP contribution in [0.4, 0.5) is 5.69 Å². The lowest BCUT2D eigenvalue weighted by atomic mass is 10.1. The van der Waals surface area contributed by atoms with E-state index in [9.17, 15) is 9.59 Å². The molecule has 7 heteroatoms. The SMILES string of the molecule is CCOc1ccc(C=CC(=O)Nc2ccc(Cl)c(C(=O)N(C)C)c2)cc1OC. The predicted molar refractivity (Wildman–Crippen MR) is 111 cm³/mol. The first-order valence-electron chi connectivity index (χ1n) is 8.66. The summed E-state index contributed by atoms with van der Waals surface area (Å²) in [6, 6.07) is 10.2. The summed E-state index contributed by atoms with van der Waals surface area (Å²) in [7, 11) is 4.83. The summed E-state index contributed by atoms with van der Waals surface area (Å²) in [6.07, 6.45) is 3.06. The Morgan fingerprint density at radius 1 is 1.14 bits per heavy atom. The van der Waals surface area contributed by atoms with E-state index in [-0.39, 0.29) is 11.8 Å². The zero-order chi connectivity index (χ0) is 20.7. The molecule has 0 fully saturated rings. The Kier molecular flexibility index (Phi) is 7.46. The molecule has 2 amide bonds. The fourth-order valence-corrected chi connectivity index (χ4v) is 2.62. The first-order valence-corrected chi connectivity index (χ1v) is 9.04. The van der Waals surface area contributed by atoms with Crippen molar-refractivity contribution >= 4 is 35.2 Å². The number of anilines is 1. The average Bonchev–Trinajstić information content (AvgIpc) is 2.68. The Morgan fingerprint density at radius 3 is 2.54 bits per heavy atom. The topological polar surface area (TPSA) is 67.9 Å². The van der Waals surface area contributed by atoms with E-state index in [4.69, 9.17) is 21.1 Å². The molecule has 2 aromatic carbocycles. The van der Waals surface area contributed by atoms with Gasteiger partial charge >= 0.3 is 0 Å². The summed E-state index contributed by atoms with van der Waals surface area (Å²) in [5.41, 5.74) is 1.59. The van der Waals surface area contributed by atoms with E-state index in [0.717, 1.165) is 5.56 Å². The molecule has 2 aromatic rings. The van der Waals surface area contributed by atoms with Crippen LogP contribution in [0.1, 0.15) is 22.8 Å². The molecule has 0 atom stereocenters. The lowest BCUT2D eigenvalue weighted by molar-refractivity contribution is -0.111. The number of amides is 2. The van der Waals surface area contributed by atoms with Gasteiger partial charge in [0.1, 0.15) is 0 Å². The Hall–Kier alpha value is -2.99. The Balaban J connectivity index is 2.12. The molecule has 0 aliphatic rings. The fourth-order valence-electron chi connectivity index (χ4n) is 2.43. The van der Waals surface area contributed by atoms with E-state index < -0.39 is 0 Å². The van der Waals surface area contributed by atoms with Gasteiger partial charge in [-0.25, -0.2) is 0 Å². The van der Waals surface area contributed by atoms with Gasteiger partial charge in [-0.05, 0) is 48.9 Å². The maximum absolute atomic E-state index is 12.2. The van der Waals surface area contributed by atoms with Crippen molar-refractivity contribution in [3.05, 3.63) is 58.6 Å². The van der Waals surface area contributed by atoms with Gasteiger partial charge in [0.15, 0.2) is 11.5 Å². The maximum atomic E-state index is 12.2. The second kappa shape index (κ2) is 9.80. The van der Waals surface area contributed by atoms with Crippen LogP contribution in [-0.2, 0) is 4.79 Å². The number of benzene rings is 2.